The van der Waals surface area contributed by atoms with Crippen molar-refractivity contribution in [2.45, 2.75) is 52.6 Å². The lowest BCUT2D eigenvalue weighted by Crippen LogP contribution is -2.45. The van der Waals surface area contributed by atoms with Gasteiger partial charge in [0, 0.05) is 0 Å². The van der Waals surface area contributed by atoms with Crippen molar-refractivity contribution >= 4 is 11.9 Å². The molecule has 1 aromatic rings. The lowest BCUT2D eigenvalue weighted by Gasteiger charge is -2.23. The van der Waals surface area contributed by atoms with E-state index < -0.39 is 5.54 Å². The molecule has 1 N–H and O–H groups in total. The zero-order valence-corrected chi connectivity index (χ0v) is 12.6. The quantitative estimate of drug-likeness (QED) is 0.858. The molecule has 20 heavy (non-hydrogen) atoms. The Kier molecular flexibility index (Phi) is 3.84. The molecule has 1 saturated heterocycles. The van der Waals surface area contributed by atoms with Gasteiger partial charge < -0.3 is 5.32 Å². The van der Waals surface area contributed by atoms with E-state index in [-0.39, 0.29) is 11.9 Å². The number of hydrogen-bond donors (Lipinski definition) is 1. The zero-order valence-electron chi connectivity index (χ0n) is 12.6. The summed E-state index contributed by atoms with van der Waals surface area (Å²) in [5.41, 5.74) is 2.57. The Morgan fingerprint density at radius 2 is 1.60 bits per heavy atom. The third kappa shape index (κ3) is 2.42. The van der Waals surface area contributed by atoms with E-state index in [2.05, 4.69) is 11.4 Å². The van der Waals surface area contributed by atoms with Crippen molar-refractivity contribution in [3.05, 3.63) is 34.9 Å². The first-order valence-corrected chi connectivity index (χ1v) is 7.13. The fourth-order valence-corrected chi connectivity index (χ4v) is 2.89. The molecule has 3 amide bonds. The van der Waals surface area contributed by atoms with Crippen LogP contribution >= 0.6 is 0 Å². The van der Waals surface area contributed by atoms with Gasteiger partial charge in [-0.05, 0) is 32.3 Å². The van der Waals surface area contributed by atoms with E-state index in [9.17, 15) is 9.59 Å². The van der Waals surface area contributed by atoms with Crippen molar-refractivity contribution in [3.8, 4) is 0 Å². The molecule has 0 unspecified atom stereocenters. The molecule has 1 heterocycles. The highest BCUT2D eigenvalue weighted by atomic mass is 16.2. The highest BCUT2D eigenvalue weighted by Crippen LogP contribution is 2.26. The van der Waals surface area contributed by atoms with E-state index >= 15 is 0 Å². The fraction of sp³-hybridized carbons (Fsp3) is 0.500. The smallest absolute Gasteiger partial charge is 0.323 e. The monoisotopic (exact) mass is 274 g/mol. The van der Waals surface area contributed by atoms with E-state index in [1.54, 1.807) is 0 Å². The maximum absolute atomic E-state index is 12.5. The van der Waals surface area contributed by atoms with Crippen LogP contribution in [0.3, 0.4) is 0 Å². The third-order valence-electron chi connectivity index (χ3n) is 4.08. The highest BCUT2D eigenvalue weighted by Gasteiger charge is 2.48. The van der Waals surface area contributed by atoms with Gasteiger partial charge in [0.15, 0.2) is 0 Å². The second-order valence-corrected chi connectivity index (χ2v) is 5.61. The molecule has 0 aromatic heterocycles. The number of amides is 3. The molecule has 4 nitrogen and oxygen atoms in total. The summed E-state index contributed by atoms with van der Waals surface area (Å²) in [5.74, 6) is -0.105. The molecular weight excluding hydrogens is 252 g/mol. The first-order valence-electron chi connectivity index (χ1n) is 7.13. The molecule has 0 spiro atoms. The maximum Gasteiger partial charge on any atom is 0.325 e. The Hall–Kier alpha value is -1.84. The summed E-state index contributed by atoms with van der Waals surface area (Å²) >= 11 is 0. The molecule has 1 fully saturated rings. The largest absolute Gasteiger partial charge is 0.325 e. The van der Waals surface area contributed by atoms with Crippen LogP contribution in [0.4, 0.5) is 4.79 Å². The Balaban J connectivity index is 2.25. The van der Waals surface area contributed by atoms with Crippen molar-refractivity contribution in [2.24, 2.45) is 0 Å². The standard InChI is InChI=1S/C16H22N2O2/c1-5-16(6-2)14(19)18(15(20)17-16)10-13-8-11(3)7-12(4)9-13/h7-9H,5-6,10H2,1-4H3,(H,17,20). The van der Waals surface area contributed by atoms with Crippen LogP contribution in [0.2, 0.25) is 0 Å². The molecular formula is C16H22N2O2. The summed E-state index contributed by atoms with van der Waals surface area (Å²) in [5, 5.41) is 2.85. The lowest BCUT2D eigenvalue weighted by atomic mass is 9.93. The molecule has 1 aliphatic rings. The van der Waals surface area contributed by atoms with Gasteiger partial charge in [-0.1, -0.05) is 43.2 Å². The molecule has 1 aromatic carbocycles. The van der Waals surface area contributed by atoms with Crippen molar-refractivity contribution in [3.63, 3.8) is 0 Å². The van der Waals surface area contributed by atoms with E-state index in [0.29, 0.717) is 19.4 Å². The molecule has 0 bridgehead atoms. The minimum Gasteiger partial charge on any atom is -0.323 e. The van der Waals surface area contributed by atoms with Gasteiger partial charge in [-0.2, -0.15) is 0 Å². The second kappa shape index (κ2) is 5.27. The molecule has 2 rings (SSSR count). The Labute approximate surface area is 120 Å². The van der Waals surface area contributed by atoms with E-state index in [1.165, 1.54) is 4.90 Å². The summed E-state index contributed by atoms with van der Waals surface area (Å²) < 4.78 is 0. The zero-order chi connectivity index (χ0) is 14.9. The van der Waals surface area contributed by atoms with Gasteiger partial charge in [-0.25, -0.2) is 4.79 Å². The second-order valence-electron chi connectivity index (χ2n) is 5.61. The van der Waals surface area contributed by atoms with E-state index in [0.717, 1.165) is 16.7 Å². The number of rotatable bonds is 4. The molecule has 0 atom stereocenters. The van der Waals surface area contributed by atoms with Crippen LogP contribution < -0.4 is 5.32 Å². The number of carbonyl (C=O) groups is 2. The molecule has 0 aliphatic carbocycles. The number of imide groups is 1. The summed E-state index contributed by atoms with van der Waals surface area (Å²) in [6, 6.07) is 5.84. The van der Waals surface area contributed by atoms with Crippen LogP contribution in [-0.4, -0.2) is 22.4 Å². The van der Waals surface area contributed by atoms with Gasteiger partial charge in [0.2, 0.25) is 0 Å². The predicted octanol–water partition coefficient (Wildman–Crippen LogP) is 2.91. The fourth-order valence-electron chi connectivity index (χ4n) is 2.89. The first-order chi connectivity index (χ1) is 9.41. The average Bonchev–Trinajstić information content (AvgIpc) is 2.62. The normalized spacial score (nSPS) is 17.5. The van der Waals surface area contributed by atoms with Gasteiger partial charge in [-0.3, -0.25) is 9.69 Å². The van der Waals surface area contributed by atoms with Crippen LogP contribution in [0.15, 0.2) is 18.2 Å². The summed E-state index contributed by atoms with van der Waals surface area (Å²) in [6.45, 7) is 8.24. The van der Waals surface area contributed by atoms with Gasteiger partial charge in [0.05, 0.1) is 6.54 Å². The van der Waals surface area contributed by atoms with Gasteiger partial charge in [0.25, 0.3) is 5.91 Å². The molecule has 1 aliphatic heterocycles. The van der Waals surface area contributed by atoms with Crippen LogP contribution in [0.1, 0.15) is 43.4 Å². The Morgan fingerprint density at radius 1 is 1.05 bits per heavy atom. The highest BCUT2D eigenvalue weighted by molar-refractivity contribution is 6.06. The van der Waals surface area contributed by atoms with Gasteiger partial charge in [-0.15, -0.1) is 0 Å². The minimum atomic E-state index is -0.712. The van der Waals surface area contributed by atoms with Crippen LogP contribution in [0.25, 0.3) is 0 Å². The van der Waals surface area contributed by atoms with Crippen LogP contribution in [0.5, 0.6) is 0 Å². The topological polar surface area (TPSA) is 49.4 Å². The number of urea groups is 1. The number of carbonyl (C=O) groups excluding carboxylic acids is 2. The van der Waals surface area contributed by atoms with Crippen LogP contribution in [0, 0.1) is 13.8 Å². The number of hydrogen-bond acceptors (Lipinski definition) is 2. The number of nitrogens with zero attached hydrogens (tertiary/aromatic N) is 1. The Morgan fingerprint density at radius 3 is 2.05 bits per heavy atom. The summed E-state index contributed by atoms with van der Waals surface area (Å²) in [4.78, 5) is 25.9. The summed E-state index contributed by atoms with van der Waals surface area (Å²) in [7, 11) is 0. The number of nitrogens with one attached hydrogen (secondary N) is 1. The average molecular weight is 274 g/mol. The molecule has 4 heteroatoms. The number of aryl methyl sites for hydroxylation is 2. The van der Waals surface area contributed by atoms with Crippen molar-refractivity contribution in [1.29, 1.82) is 0 Å². The molecule has 108 valence electrons. The van der Waals surface area contributed by atoms with E-state index in [4.69, 9.17) is 0 Å². The minimum absolute atomic E-state index is 0.105. The van der Waals surface area contributed by atoms with Crippen molar-refractivity contribution in [2.75, 3.05) is 0 Å². The SMILES string of the molecule is CCC1(CC)NC(=O)N(Cc2cc(C)cc(C)c2)C1=O. The van der Waals surface area contributed by atoms with Gasteiger partial charge >= 0.3 is 6.03 Å². The lowest BCUT2D eigenvalue weighted by molar-refractivity contribution is -0.132. The molecule has 0 saturated carbocycles. The third-order valence-corrected chi connectivity index (χ3v) is 4.08. The summed E-state index contributed by atoms with van der Waals surface area (Å²) in [6.07, 6.45) is 1.24. The molecule has 0 radical (unpaired) electrons. The van der Waals surface area contributed by atoms with Crippen molar-refractivity contribution in [1.82, 2.24) is 10.2 Å². The Bertz CT molecular complexity index is 527. The van der Waals surface area contributed by atoms with Crippen molar-refractivity contribution < 1.29 is 9.59 Å². The van der Waals surface area contributed by atoms with Gasteiger partial charge in [0.1, 0.15) is 5.54 Å². The predicted molar refractivity (Wildman–Crippen MR) is 78.3 cm³/mol. The maximum atomic E-state index is 12.5. The van der Waals surface area contributed by atoms with E-state index in [1.807, 2.05) is 39.8 Å². The first kappa shape index (κ1) is 14.6. The van der Waals surface area contributed by atoms with Crippen LogP contribution in [-0.2, 0) is 11.3 Å². The number of benzene rings is 1.